The molecule has 0 saturated carbocycles. The van der Waals surface area contributed by atoms with Crippen LogP contribution in [0.3, 0.4) is 0 Å². The summed E-state index contributed by atoms with van der Waals surface area (Å²) in [7, 11) is 1.84. The number of carbonyl (C=O) groups excluding carboxylic acids is 1. The van der Waals surface area contributed by atoms with Crippen molar-refractivity contribution in [3.63, 3.8) is 0 Å². The summed E-state index contributed by atoms with van der Waals surface area (Å²) >= 11 is 5.09. The number of thiophene rings is 1. The Morgan fingerprint density at radius 1 is 1.38 bits per heavy atom. The van der Waals surface area contributed by atoms with Gasteiger partial charge in [-0.2, -0.15) is 0 Å². The molecule has 3 nitrogen and oxygen atoms in total. The summed E-state index contributed by atoms with van der Waals surface area (Å²) in [5.41, 5.74) is 1.63. The summed E-state index contributed by atoms with van der Waals surface area (Å²) in [5, 5.41) is 5.35. The van der Waals surface area contributed by atoms with Crippen molar-refractivity contribution in [3.05, 3.63) is 50.6 Å². The van der Waals surface area contributed by atoms with Gasteiger partial charge in [-0.3, -0.25) is 4.79 Å². The van der Waals surface area contributed by atoms with E-state index in [0.717, 1.165) is 33.6 Å². The molecule has 0 spiro atoms. The lowest BCUT2D eigenvalue weighted by Gasteiger charge is -2.19. The van der Waals surface area contributed by atoms with Crippen LogP contribution in [0.4, 0.5) is 5.69 Å². The van der Waals surface area contributed by atoms with E-state index in [1.165, 1.54) is 0 Å². The molecular formula is C16H19BrN2OS. The number of halogens is 1. The highest BCUT2D eigenvalue weighted by Crippen LogP contribution is 2.22. The molecule has 1 N–H and O–H groups in total. The second-order valence-electron chi connectivity index (χ2n) is 4.86. The fourth-order valence-corrected chi connectivity index (χ4v) is 3.53. The molecule has 0 unspecified atom stereocenters. The normalized spacial score (nSPS) is 10.4. The number of nitrogens with one attached hydrogen (secondary N) is 1. The van der Waals surface area contributed by atoms with Crippen molar-refractivity contribution in [3.8, 4) is 0 Å². The predicted octanol–water partition coefficient (Wildman–Crippen LogP) is 4.60. The van der Waals surface area contributed by atoms with Crippen molar-refractivity contribution in [2.75, 3.05) is 18.9 Å². The highest BCUT2D eigenvalue weighted by molar-refractivity contribution is 9.10. The van der Waals surface area contributed by atoms with Gasteiger partial charge in [-0.25, -0.2) is 0 Å². The third-order valence-corrected chi connectivity index (χ3v) is 4.77. The van der Waals surface area contributed by atoms with Gasteiger partial charge in [0.15, 0.2) is 0 Å². The molecule has 0 bridgehead atoms. The third kappa shape index (κ3) is 4.32. The fraction of sp³-hybridized carbons (Fsp3) is 0.312. The summed E-state index contributed by atoms with van der Waals surface area (Å²) in [5.74, 6) is 0.0405. The Kier molecular flexibility index (Phi) is 5.82. The second kappa shape index (κ2) is 7.61. The number of benzene rings is 1. The monoisotopic (exact) mass is 366 g/mol. The summed E-state index contributed by atoms with van der Waals surface area (Å²) < 4.78 is 1.06. The molecule has 1 heterocycles. The number of amides is 1. The molecule has 0 atom stereocenters. The Bertz CT molecular complexity index is 612. The minimum absolute atomic E-state index is 0.0405. The lowest BCUT2D eigenvalue weighted by Crippen LogP contribution is -2.26. The van der Waals surface area contributed by atoms with Crippen LogP contribution in [-0.2, 0) is 6.54 Å². The fourth-order valence-electron chi connectivity index (χ4n) is 2.03. The van der Waals surface area contributed by atoms with Crippen LogP contribution in [0.2, 0.25) is 0 Å². The van der Waals surface area contributed by atoms with Crippen LogP contribution >= 0.6 is 27.3 Å². The quantitative estimate of drug-likeness (QED) is 0.809. The van der Waals surface area contributed by atoms with E-state index < -0.39 is 0 Å². The van der Waals surface area contributed by atoms with E-state index in [1.54, 1.807) is 16.2 Å². The molecule has 0 fully saturated rings. The van der Waals surface area contributed by atoms with Crippen molar-refractivity contribution in [2.24, 2.45) is 0 Å². The maximum atomic E-state index is 12.6. The standard InChI is InChI=1S/C16H19BrN2OS/c1-3-8-18-15-7-5-4-6-14(15)16(20)19(2)10-13-9-12(17)11-21-13/h4-7,9,11,18H,3,8,10H2,1-2H3. The molecule has 1 aromatic heterocycles. The number of hydrogen-bond donors (Lipinski definition) is 1. The molecule has 1 amide bonds. The largest absolute Gasteiger partial charge is 0.384 e. The zero-order chi connectivity index (χ0) is 15.2. The van der Waals surface area contributed by atoms with Gasteiger partial charge in [0.1, 0.15) is 0 Å². The first-order valence-electron chi connectivity index (χ1n) is 6.93. The van der Waals surface area contributed by atoms with Crippen LogP contribution in [0.25, 0.3) is 0 Å². The van der Waals surface area contributed by atoms with Crippen LogP contribution in [-0.4, -0.2) is 24.4 Å². The zero-order valence-corrected chi connectivity index (χ0v) is 14.6. The van der Waals surface area contributed by atoms with E-state index in [-0.39, 0.29) is 5.91 Å². The van der Waals surface area contributed by atoms with Crippen LogP contribution in [0.1, 0.15) is 28.6 Å². The molecule has 0 aliphatic carbocycles. The van der Waals surface area contributed by atoms with Gasteiger partial charge in [-0.1, -0.05) is 19.1 Å². The van der Waals surface area contributed by atoms with E-state index >= 15 is 0 Å². The average Bonchev–Trinajstić information content (AvgIpc) is 2.89. The van der Waals surface area contributed by atoms with E-state index in [0.29, 0.717) is 6.54 Å². The minimum atomic E-state index is 0.0405. The van der Waals surface area contributed by atoms with Crippen molar-refractivity contribution in [1.29, 1.82) is 0 Å². The average molecular weight is 367 g/mol. The SMILES string of the molecule is CCCNc1ccccc1C(=O)N(C)Cc1cc(Br)cs1. The number of anilines is 1. The molecule has 5 heteroatoms. The Morgan fingerprint density at radius 2 is 2.14 bits per heavy atom. The zero-order valence-electron chi connectivity index (χ0n) is 12.2. The van der Waals surface area contributed by atoms with Gasteiger partial charge in [0, 0.05) is 34.0 Å². The number of para-hydroxylation sites is 1. The van der Waals surface area contributed by atoms with Crippen molar-refractivity contribution >= 4 is 38.9 Å². The Morgan fingerprint density at radius 3 is 2.81 bits per heavy atom. The highest BCUT2D eigenvalue weighted by Gasteiger charge is 2.16. The molecule has 0 aliphatic heterocycles. The molecule has 0 radical (unpaired) electrons. The van der Waals surface area contributed by atoms with Gasteiger partial charge in [0.2, 0.25) is 0 Å². The molecule has 21 heavy (non-hydrogen) atoms. The first kappa shape index (κ1) is 16.0. The van der Waals surface area contributed by atoms with E-state index in [9.17, 15) is 4.79 Å². The number of carbonyl (C=O) groups is 1. The topological polar surface area (TPSA) is 32.3 Å². The number of hydrogen-bond acceptors (Lipinski definition) is 3. The predicted molar refractivity (Wildman–Crippen MR) is 93.0 cm³/mol. The molecule has 1 aromatic carbocycles. The van der Waals surface area contributed by atoms with E-state index in [4.69, 9.17) is 0 Å². The Labute approximate surface area is 138 Å². The van der Waals surface area contributed by atoms with Crippen LogP contribution in [0, 0.1) is 0 Å². The first-order chi connectivity index (χ1) is 10.1. The van der Waals surface area contributed by atoms with Crippen LogP contribution in [0.15, 0.2) is 40.2 Å². The van der Waals surface area contributed by atoms with Gasteiger partial charge in [0.05, 0.1) is 12.1 Å². The van der Waals surface area contributed by atoms with Gasteiger partial charge in [0.25, 0.3) is 5.91 Å². The van der Waals surface area contributed by atoms with Gasteiger partial charge in [-0.15, -0.1) is 11.3 Å². The molecule has 112 valence electrons. The minimum Gasteiger partial charge on any atom is -0.384 e. The van der Waals surface area contributed by atoms with Crippen molar-refractivity contribution < 1.29 is 4.79 Å². The van der Waals surface area contributed by atoms with Gasteiger partial charge < -0.3 is 10.2 Å². The molecular weight excluding hydrogens is 348 g/mol. The van der Waals surface area contributed by atoms with Gasteiger partial charge >= 0.3 is 0 Å². The maximum Gasteiger partial charge on any atom is 0.256 e. The molecule has 0 saturated heterocycles. The summed E-state index contributed by atoms with van der Waals surface area (Å²) in [6.45, 7) is 3.60. The van der Waals surface area contributed by atoms with Crippen molar-refractivity contribution in [1.82, 2.24) is 4.90 Å². The summed E-state index contributed by atoms with van der Waals surface area (Å²) in [6, 6.07) is 9.74. The first-order valence-corrected chi connectivity index (χ1v) is 8.60. The number of rotatable bonds is 6. The van der Waals surface area contributed by atoms with Gasteiger partial charge in [-0.05, 0) is 40.5 Å². The maximum absolute atomic E-state index is 12.6. The second-order valence-corrected chi connectivity index (χ2v) is 6.78. The molecule has 0 aliphatic rings. The Balaban J connectivity index is 2.11. The van der Waals surface area contributed by atoms with E-state index in [1.807, 2.05) is 36.7 Å². The smallest absolute Gasteiger partial charge is 0.256 e. The summed E-state index contributed by atoms with van der Waals surface area (Å²) in [6.07, 6.45) is 1.03. The third-order valence-electron chi connectivity index (χ3n) is 3.08. The van der Waals surface area contributed by atoms with Crippen LogP contribution in [0.5, 0.6) is 0 Å². The lowest BCUT2D eigenvalue weighted by atomic mass is 10.1. The van der Waals surface area contributed by atoms with Crippen molar-refractivity contribution in [2.45, 2.75) is 19.9 Å². The van der Waals surface area contributed by atoms with E-state index in [2.05, 4.69) is 34.2 Å². The molecule has 2 aromatic rings. The number of nitrogens with zero attached hydrogens (tertiary/aromatic N) is 1. The summed E-state index contributed by atoms with van der Waals surface area (Å²) in [4.78, 5) is 15.5. The lowest BCUT2D eigenvalue weighted by molar-refractivity contribution is 0.0787. The Hall–Kier alpha value is -1.33. The van der Waals surface area contributed by atoms with Crippen LogP contribution < -0.4 is 5.32 Å². The molecule has 2 rings (SSSR count). The highest BCUT2D eigenvalue weighted by atomic mass is 79.9.